The predicted octanol–water partition coefficient (Wildman–Crippen LogP) is -1.17. The van der Waals surface area contributed by atoms with Crippen molar-refractivity contribution in [2.24, 2.45) is 0 Å². The Morgan fingerprint density at radius 2 is 2.41 bits per heavy atom. The van der Waals surface area contributed by atoms with Gasteiger partial charge in [0.25, 0.3) is 5.56 Å². The molecule has 1 unspecified atom stereocenters. The Kier molecular flexibility index (Phi) is 3.41. The molecule has 1 fully saturated rings. The fourth-order valence-electron chi connectivity index (χ4n) is 1.92. The Morgan fingerprint density at radius 1 is 1.65 bits per heavy atom. The van der Waals surface area contributed by atoms with Crippen LogP contribution in [-0.4, -0.2) is 40.6 Å². The molecular formula is C10H14N2O5. The van der Waals surface area contributed by atoms with Crippen molar-refractivity contribution >= 4 is 0 Å². The quantitative estimate of drug-likeness (QED) is 0.696. The fraction of sp³-hybridized carbons (Fsp3) is 0.600. The molecular weight excluding hydrogens is 228 g/mol. The third-order valence-electron chi connectivity index (χ3n) is 2.78. The van der Waals surface area contributed by atoms with Crippen LogP contribution in [0.4, 0.5) is 0 Å². The lowest BCUT2D eigenvalue weighted by molar-refractivity contribution is -0.0625. The first-order valence-electron chi connectivity index (χ1n) is 5.26. The van der Waals surface area contributed by atoms with Gasteiger partial charge in [0, 0.05) is 25.8 Å². The van der Waals surface area contributed by atoms with Crippen molar-refractivity contribution in [2.45, 2.75) is 24.9 Å². The molecule has 1 aromatic heterocycles. The zero-order valence-electron chi connectivity index (χ0n) is 9.33. The minimum Gasteiger partial charge on any atom is -0.394 e. The summed E-state index contributed by atoms with van der Waals surface area (Å²) in [6.07, 6.45) is 0.557. The SMILES string of the molecule is COC1C[C@@H](CO)O[C@H]1n1ccc(=O)[nH]c1=O. The molecule has 0 spiro atoms. The van der Waals surface area contributed by atoms with Gasteiger partial charge in [-0.15, -0.1) is 0 Å². The maximum atomic E-state index is 11.6. The van der Waals surface area contributed by atoms with Crippen LogP contribution in [0.3, 0.4) is 0 Å². The summed E-state index contributed by atoms with van der Waals surface area (Å²) in [5.74, 6) is 0. The zero-order chi connectivity index (χ0) is 12.4. The second-order valence-corrected chi connectivity index (χ2v) is 3.86. The van der Waals surface area contributed by atoms with Crippen LogP contribution < -0.4 is 11.2 Å². The van der Waals surface area contributed by atoms with Gasteiger partial charge < -0.3 is 14.6 Å². The molecule has 0 saturated carbocycles. The molecule has 3 atom stereocenters. The van der Waals surface area contributed by atoms with E-state index in [1.807, 2.05) is 0 Å². The number of aromatic nitrogens is 2. The second-order valence-electron chi connectivity index (χ2n) is 3.86. The molecule has 0 radical (unpaired) electrons. The Morgan fingerprint density at radius 3 is 3.00 bits per heavy atom. The maximum absolute atomic E-state index is 11.6. The lowest BCUT2D eigenvalue weighted by Gasteiger charge is -2.18. The monoisotopic (exact) mass is 242 g/mol. The van der Waals surface area contributed by atoms with E-state index in [9.17, 15) is 9.59 Å². The average Bonchev–Trinajstić information content (AvgIpc) is 2.72. The van der Waals surface area contributed by atoms with Crippen LogP contribution in [0.2, 0.25) is 0 Å². The summed E-state index contributed by atoms with van der Waals surface area (Å²) in [6.45, 7) is -0.130. The minimum atomic E-state index is -0.624. The molecule has 2 heterocycles. The van der Waals surface area contributed by atoms with E-state index >= 15 is 0 Å². The van der Waals surface area contributed by atoms with Crippen LogP contribution >= 0.6 is 0 Å². The third kappa shape index (κ3) is 2.31. The molecule has 1 aliphatic rings. The van der Waals surface area contributed by atoms with Gasteiger partial charge in [-0.2, -0.15) is 0 Å². The van der Waals surface area contributed by atoms with Crippen LogP contribution in [-0.2, 0) is 9.47 Å². The van der Waals surface area contributed by atoms with Crippen molar-refractivity contribution in [3.05, 3.63) is 33.1 Å². The highest BCUT2D eigenvalue weighted by Gasteiger charge is 2.36. The van der Waals surface area contributed by atoms with Gasteiger partial charge in [0.05, 0.1) is 12.7 Å². The highest BCUT2D eigenvalue weighted by atomic mass is 16.6. The number of aromatic amines is 1. The largest absolute Gasteiger partial charge is 0.394 e. The van der Waals surface area contributed by atoms with Gasteiger partial charge in [-0.05, 0) is 0 Å². The second kappa shape index (κ2) is 4.82. The van der Waals surface area contributed by atoms with Crippen LogP contribution in [0.5, 0.6) is 0 Å². The van der Waals surface area contributed by atoms with Crippen LogP contribution in [0.25, 0.3) is 0 Å². The molecule has 7 nitrogen and oxygen atoms in total. The summed E-state index contributed by atoms with van der Waals surface area (Å²) in [6, 6.07) is 1.24. The number of hydrogen-bond donors (Lipinski definition) is 2. The fourth-order valence-corrected chi connectivity index (χ4v) is 1.92. The van der Waals surface area contributed by atoms with Gasteiger partial charge in [-0.3, -0.25) is 14.3 Å². The van der Waals surface area contributed by atoms with E-state index < -0.39 is 17.5 Å². The van der Waals surface area contributed by atoms with E-state index in [0.717, 1.165) is 0 Å². The van der Waals surface area contributed by atoms with Gasteiger partial charge in [0.2, 0.25) is 0 Å². The average molecular weight is 242 g/mol. The first-order chi connectivity index (χ1) is 8.15. The van der Waals surface area contributed by atoms with E-state index in [4.69, 9.17) is 14.6 Å². The van der Waals surface area contributed by atoms with Crippen molar-refractivity contribution in [1.82, 2.24) is 9.55 Å². The van der Waals surface area contributed by atoms with Gasteiger partial charge in [0.15, 0.2) is 6.23 Å². The molecule has 17 heavy (non-hydrogen) atoms. The van der Waals surface area contributed by atoms with Crippen LogP contribution in [0.15, 0.2) is 21.9 Å². The molecule has 0 aromatic carbocycles. The molecule has 0 aliphatic carbocycles. The standard InChI is InChI=1S/C10H14N2O5/c1-16-7-4-6(5-13)17-9(7)12-3-2-8(14)11-10(12)15/h2-3,6-7,9,13H,4-5H2,1H3,(H,11,14,15)/t6-,7?,9+/m0/s1. The highest BCUT2D eigenvalue weighted by Crippen LogP contribution is 2.29. The number of rotatable bonds is 3. The molecule has 1 aromatic rings. The van der Waals surface area contributed by atoms with E-state index in [2.05, 4.69) is 4.98 Å². The molecule has 7 heteroatoms. The minimum absolute atomic E-state index is 0.130. The maximum Gasteiger partial charge on any atom is 0.330 e. The number of nitrogens with zero attached hydrogens (tertiary/aromatic N) is 1. The van der Waals surface area contributed by atoms with E-state index in [0.29, 0.717) is 6.42 Å². The molecule has 1 aliphatic heterocycles. The van der Waals surface area contributed by atoms with Crippen molar-refractivity contribution in [1.29, 1.82) is 0 Å². The Balaban J connectivity index is 2.32. The smallest absolute Gasteiger partial charge is 0.330 e. The number of methoxy groups -OCH3 is 1. The first-order valence-corrected chi connectivity index (χ1v) is 5.26. The lowest BCUT2D eigenvalue weighted by atomic mass is 10.2. The highest BCUT2D eigenvalue weighted by molar-refractivity contribution is 4.89. The summed E-state index contributed by atoms with van der Waals surface area (Å²) in [4.78, 5) is 24.7. The first kappa shape index (κ1) is 12.0. The Labute approximate surface area is 96.6 Å². The summed E-state index contributed by atoms with van der Waals surface area (Å²) in [5, 5.41) is 9.03. The summed E-state index contributed by atoms with van der Waals surface area (Å²) >= 11 is 0. The van der Waals surface area contributed by atoms with E-state index in [1.165, 1.54) is 23.9 Å². The molecule has 1 saturated heterocycles. The predicted molar refractivity (Wildman–Crippen MR) is 57.7 cm³/mol. The van der Waals surface area contributed by atoms with Gasteiger partial charge >= 0.3 is 5.69 Å². The number of hydrogen-bond acceptors (Lipinski definition) is 5. The number of ether oxygens (including phenoxy) is 2. The van der Waals surface area contributed by atoms with Crippen molar-refractivity contribution in [2.75, 3.05) is 13.7 Å². The van der Waals surface area contributed by atoms with Crippen molar-refractivity contribution in [3.8, 4) is 0 Å². The van der Waals surface area contributed by atoms with Crippen LogP contribution in [0.1, 0.15) is 12.6 Å². The Bertz CT molecular complexity index is 494. The molecule has 94 valence electrons. The van der Waals surface area contributed by atoms with E-state index in [-0.39, 0.29) is 18.8 Å². The summed E-state index contributed by atoms with van der Waals surface area (Å²) in [7, 11) is 1.51. The molecule has 0 amide bonds. The van der Waals surface area contributed by atoms with Crippen molar-refractivity contribution < 1.29 is 14.6 Å². The van der Waals surface area contributed by atoms with Crippen molar-refractivity contribution in [3.63, 3.8) is 0 Å². The number of nitrogens with one attached hydrogen (secondary N) is 1. The third-order valence-corrected chi connectivity index (χ3v) is 2.78. The van der Waals surface area contributed by atoms with Crippen LogP contribution in [0, 0.1) is 0 Å². The topological polar surface area (TPSA) is 93.5 Å². The number of aliphatic hydroxyl groups excluding tert-OH is 1. The number of aliphatic hydroxyl groups is 1. The normalized spacial score (nSPS) is 28.5. The van der Waals surface area contributed by atoms with E-state index in [1.54, 1.807) is 0 Å². The molecule has 0 bridgehead atoms. The zero-order valence-corrected chi connectivity index (χ0v) is 9.33. The lowest BCUT2D eigenvalue weighted by Crippen LogP contribution is -2.35. The molecule has 2 N–H and O–H groups in total. The summed E-state index contributed by atoms with van der Waals surface area (Å²) in [5.41, 5.74) is -1.01. The number of H-pyrrole nitrogens is 1. The van der Waals surface area contributed by atoms with Gasteiger partial charge in [-0.1, -0.05) is 0 Å². The van der Waals surface area contributed by atoms with Gasteiger partial charge in [0.1, 0.15) is 6.10 Å². The Hall–Kier alpha value is -1.44. The molecule has 2 rings (SSSR count). The summed E-state index contributed by atoms with van der Waals surface area (Å²) < 4.78 is 11.9. The van der Waals surface area contributed by atoms with Gasteiger partial charge in [-0.25, -0.2) is 4.79 Å².